The van der Waals surface area contributed by atoms with Crippen LogP contribution in [0.1, 0.15) is 18.1 Å². The predicted octanol–water partition coefficient (Wildman–Crippen LogP) is 4.81. The molecule has 0 radical (unpaired) electrons. The van der Waals surface area contributed by atoms with Gasteiger partial charge in [0.2, 0.25) is 0 Å². The van der Waals surface area contributed by atoms with E-state index in [9.17, 15) is 14.4 Å². The van der Waals surface area contributed by atoms with E-state index in [1.165, 1.54) is 0 Å². The Kier molecular flexibility index (Phi) is 8.35. The van der Waals surface area contributed by atoms with Gasteiger partial charge < -0.3 is 14.2 Å². The summed E-state index contributed by atoms with van der Waals surface area (Å²) in [5.74, 6) is 0.186. The molecule has 3 rings (SSSR count). The van der Waals surface area contributed by atoms with Crippen molar-refractivity contribution < 1.29 is 28.6 Å². The average molecular weight is 520 g/mol. The lowest BCUT2D eigenvalue weighted by Crippen LogP contribution is -2.32. The first-order valence-electron chi connectivity index (χ1n) is 9.90. The Hall–Kier alpha value is -2.78. The number of halogens is 1. The zero-order valence-electron chi connectivity index (χ0n) is 17.6. The van der Waals surface area contributed by atoms with Gasteiger partial charge in [0.15, 0.2) is 6.61 Å². The predicted molar refractivity (Wildman–Crippen MR) is 126 cm³/mol. The van der Waals surface area contributed by atoms with Crippen LogP contribution < -0.4 is 9.47 Å². The third-order valence-corrected chi connectivity index (χ3v) is 5.79. The highest BCUT2D eigenvalue weighted by atomic mass is 79.9. The summed E-state index contributed by atoms with van der Waals surface area (Å²) in [5, 5.41) is -0.363. The van der Waals surface area contributed by atoms with Crippen molar-refractivity contribution in [3.8, 4) is 11.5 Å². The van der Waals surface area contributed by atoms with E-state index < -0.39 is 11.9 Å². The number of carbonyl (C=O) groups excluding carboxylic acids is 3. The van der Waals surface area contributed by atoms with E-state index in [4.69, 9.17) is 14.2 Å². The van der Waals surface area contributed by atoms with Crippen LogP contribution in [0.15, 0.2) is 51.8 Å². The molecule has 1 saturated heterocycles. The Labute approximate surface area is 198 Å². The van der Waals surface area contributed by atoms with Gasteiger partial charge >= 0.3 is 5.97 Å². The zero-order valence-corrected chi connectivity index (χ0v) is 20.0. The van der Waals surface area contributed by atoms with Crippen LogP contribution in [0.5, 0.6) is 11.5 Å². The van der Waals surface area contributed by atoms with Gasteiger partial charge in [-0.15, -0.1) is 0 Å². The summed E-state index contributed by atoms with van der Waals surface area (Å²) in [5.41, 5.74) is 1.68. The number of imide groups is 1. The molecule has 0 spiro atoms. The first kappa shape index (κ1) is 23.9. The van der Waals surface area contributed by atoms with E-state index >= 15 is 0 Å². The Morgan fingerprint density at radius 2 is 1.88 bits per heavy atom. The van der Waals surface area contributed by atoms with Gasteiger partial charge in [-0.25, -0.2) is 4.79 Å². The summed E-state index contributed by atoms with van der Waals surface area (Å²) in [7, 11) is 0. The van der Waals surface area contributed by atoms with Gasteiger partial charge in [-0.05, 0) is 62.0 Å². The van der Waals surface area contributed by atoms with E-state index in [1.54, 1.807) is 31.2 Å². The van der Waals surface area contributed by atoms with E-state index in [2.05, 4.69) is 15.9 Å². The van der Waals surface area contributed by atoms with Gasteiger partial charge in [0.25, 0.3) is 11.1 Å². The molecule has 1 aliphatic rings. The van der Waals surface area contributed by atoms with Crippen molar-refractivity contribution in [3.05, 3.63) is 63.0 Å². The minimum Gasteiger partial charge on any atom is -0.492 e. The van der Waals surface area contributed by atoms with Gasteiger partial charge in [-0.2, -0.15) is 0 Å². The number of hydrogen-bond donors (Lipinski definition) is 0. The van der Waals surface area contributed by atoms with Crippen molar-refractivity contribution >= 4 is 50.9 Å². The maximum Gasteiger partial charge on any atom is 0.344 e. The molecule has 0 atom stereocenters. The topological polar surface area (TPSA) is 82.1 Å². The molecule has 32 heavy (non-hydrogen) atoms. The van der Waals surface area contributed by atoms with Crippen LogP contribution in [0.2, 0.25) is 0 Å². The summed E-state index contributed by atoms with van der Waals surface area (Å²) >= 11 is 4.24. The lowest BCUT2D eigenvalue weighted by atomic mass is 10.2. The number of hydrogen-bond acceptors (Lipinski definition) is 7. The van der Waals surface area contributed by atoms with Gasteiger partial charge in [-0.3, -0.25) is 14.5 Å². The number of ether oxygens (including phenoxy) is 3. The number of aryl methyl sites for hydroxylation is 1. The fourth-order valence-electron chi connectivity index (χ4n) is 2.83. The second-order valence-corrected chi connectivity index (χ2v) is 8.68. The standard InChI is InChI=1S/C23H22BrNO6S/c1-3-29-21(26)14-31-19-9-6-17(24)12-16(19)13-20-22(27)25(23(28)32-20)10-11-30-18-7-4-15(2)5-8-18/h4-9,12-13H,3,10-11,14H2,1-2H3/b20-13-. The van der Waals surface area contributed by atoms with Gasteiger partial charge in [0.05, 0.1) is 18.1 Å². The third-order valence-electron chi connectivity index (χ3n) is 4.39. The maximum absolute atomic E-state index is 12.8. The van der Waals surface area contributed by atoms with Crippen LogP contribution in [0.4, 0.5) is 4.79 Å². The van der Waals surface area contributed by atoms with Gasteiger partial charge in [0.1, 0.15) is 18.1 Å². The van der Waals surface area contributed by atoms with Crippen molar-refractivity contribution in [2.24, 2.45) is 0 Å². The fraction of sp³-hybridized carbons (Fsp3) is 0.261. The van der Waals surface area contributed by atoms with E-state index in [-0.39, 0.29) is 36.5 Å². The van der Waals surface area contributed by atoms with Crippen LogP contribution in [0.25, 0.3) is 6.08 Å². The molecular weight excluding hydrogens is 498 g/mol. The molecule has 1 heterocycles. The largest absolute Gasteiger partial charge is 0.492 e. The summed E-state index contributed by atoms with van der Waals surface area (Å²) in [4.78, 5) is 38.2. The van der Waals surface area contributed by atoms with Crippen LogP contribution in [0.3, 0.4) is 0 Å². The molecule has 1 aliphatic heterocycles. The highest BCUT2D eigenvalue weighted by molar-refractivity contribution is 9.10. The molecule has 2 aromatic rings. The van der Waals surface area contributed by atoms with E-state index in [1.807, 2.05) is 31.2 Å². The molecule has 0 N–H and O–H groups in total. The Bertz CT molecular complexity index is 1040. The molecule has 7 nitrogen and oxygen atoms in total. The van der Waals surface area contributed by atoms with Gasteiger partial charge in [-0.1, -0.05) is 33.6 Å². The molecule has 2 aromatic carbocycles. The van der Waals surface area contributed by atoms with Crippen molar-refractivity contribution in [1.82, 2.24) is 4.90 Å². The number of thioether (sulfide) groups is 1. The molecule has 0 aromatic heterocycles. The Balaban J connectivity index is 1.67. The molecular formula is C23H22BrNO6S. The number of carbonyl (C=O) groups is 3. The zero-order chi connectivity index (χ0) is 23.1. The molecule has 2 amide bonds. The van der Waals surface area contributed by atoms with Crippen molar-refractivity contribution in [3.63, 3.8) is 0 Å². The highest BCUT2D eigenvalue weighted by Crippen LogP contribution is 2.34. The maximum atomic E-state index is 12.8. The molecule has 1 fully saturated rings. The monoisotopic (exact) mass is 519 g/mol. The van der Waals surface area contributed by atoms with Gasteiger partial charge in [0, 0.05) is 10.0 Å². The summed E-state index contributed by atoms with van der Waals surface area (Å²) in [6.45, 7) is 4.03. The van der Waals surface area contributed by atoms with E-state index in [0.717, 1.165) is 26.7 Å². The third kappa shape index (κ3) is 6.37. The lowest BCUT2D eigenvalue weighted by molar-refractivity contribution is -0.145. The summed E-state index contributed by atoms with van der Waals surface area (Å²) in [6, 6.07) is 12.7. The van der Waals surface area contributed by atoms with Crippen molar-refractivity contribution in [2.75, 3.05) is 26.4 Å². The number of nitrogens with zero attached hydrogens (tertiary/aromatic N) is 1. The second-order valence-electron chi connectivity index (χ2n) is 6.77. The molecule has 0 bridgehead atoms. The molecule has 0 unspecified atom stereocenters. The van der Waals surface area contributed by atoms with Crippen LogP contribution in [-0.2, 0) is 14.3 Å². The highest BCUT2D eigenvalue weighted by Gasteiger charge is 2.35. The summed E-state index contributed by atoms with van der Waals surface area (Å²) < 4.78 is 16.8. The Morgan fingerprint density at radius 3 is 2.59 bits per heavy atom. The number of rotatable bonds is 9. The van der Waals surface area contributed by atoms with E-state index in [0.29, 0.717) is 17.1 Å². The second kappa shape index (κ2) is 11.2. The normalized spacial score (nSPS) is 14.7. The molecule has 0 saturated carbocycles. The number of amides is 2. The van der Waals surface area contributed by atoms with Crippen molar-refractivity contribution in [1.29, 1.82) is 0 Å². The van der Waals surface area contributed by atoms with Crippen LogP contribution in [-0.4, -0.2) is 48.4 Å². The minimum atomic E-state index is -0.490. The Morgan fingerprint density at radius 1 is 1.12 bits per heavy atom. The van der Waals surface area contributed by atoms with Crippen LogP contribution in [0, 0.1) is 6.92 Å². The average Bonchev–Trinajstić information content (AvgIpc) is 3.02. The number of esters is 1. The molecule has 168 valence electrons. The molecule has 0 aliphatic carbocycles. The SMILES string of the molecule is CCOC(=O)COc1ccc(Br)cc1/C=C1\SC(=O)N(CCOc2ccc(C)cc2)C1=O. The fourth-order valence-corrected chi connectivity index (χ4v) is 4.06. The first-order chi connectivity index (χ1) is 15.4. The summed E-state index contributed by atoms with van der Waals surface area (Å²) in [6.07, 6.45) is 1.58. The van der Waals surface area contributed by atoms with Crippen LogP contribution >= 0.6 is 27.7 Å². The lowest BCUT2D eigenvalue weighted by Gasteiger charge is -2.13. The van der Waals surface area contributed by atoms with Crippen molar-refractivity contribution in [2.45, 2.75) is 13.8 Å². The smallest absolute Gasteiger partial charge is 0.344 e. The number of benzene rings is 2. The molecule has 9 heteroatoms. The minimum absolute atomic E-state index is 0.139. The quantitative estimate of drug-likeness (QED) is 0.347. The first-order valence-corrected chi connectivity index (χ1v) is 11.5.